The van der Waals surface area contributed by atoms with E-state index in [-0.39, 0.29) is 108 Å². The van der Waals surface area contributed by atoms with Crippen molar-refractivity contribution in [2.24, 2.45) is 0 Å². The summed E-state index contributed by atoms with van der Waals surface area (Å²) in [4.78, 5) is 14.3. The van der Waals surface area contributed by atoms with E-state index >= 15 is 0 Å². The molecule has 0 fully saturated rings. The van der Waals surface area contributed by atoms with Crippen molar-refractivity contribution in [1.82, 2.24) is 30.4 Å². The van der Waals surface area contributed by atoms with Crippen LogP contribution >= 0.6 is 15.9 Å². The van der Waals surface area contributed by atoms with Crippen LogP contribution in [0.5, 0.6) is 0 Å². The second kappa shape index (κ2) is 16.7. The zero-order chi connectivity index (χ0) is 27.2. The molecule has 0 aliphatic heterocycles. The number of aromatic carboxylic acids is 1. The number of carboxylic acid groups (broad SMARTS) is 1. The number of carboxylic acids is 1. The summed E-state index contributed by atoms with van der Waals surface area (Å²) in [6.45, 7) is 3.85. The van der Waals surface area contributed by atoms with Crippen LogP contribution in [0.2, 0.25) is 0 Å². The molecule has 5 rings (SSSR count). The molecular weight excluding hydrogens is 636 g/mol. The monoisotopic (exact) mass is 665 g/mol. The number of carbonyl (C=O) groups is 1. The molecule has 0 atom stereocenters. The first-order valence-corrected chi connectivity index (χ1v) is 13.6. The van der Waals surface area contributed by atoms with Gasteiger partial charge in [-0.1, -0.05) is 85.8 Å². The zero-order valence-electron chi connectivity index (χ0n) is 21.5. The van der Waals surface area contributed by atoms with Gasteiger partial charge in [0.25, 0.3) is 0 Å². The Hall–Kier alpha value is -1.04. The van der Waals surface area contributed by atoms with Gasteiger partial charge in [-0.15, -0.1) is 5.10 Å². The van der Waals surface area contributed by atoms with Crippen LogP contribution in [0.3, 0.4) is 0 Å². The van der Waals surface area contributed by atoms with Gasteiger partial charge < -0.3 is 10.0 Å². The number of rotatable bonds is 11. The summed E-state index contributed by atoms with van der Waals surface area (Å²) < 4.78 is 2.23. The number of tetrazole rings is 1. The number of aryl methyl sites for hydroxylation is 2. The maximum atomic E-state index is 12.3. The van der Waals surface area contributed by atoms with Gasteiger partial charge in [0.15, 0.2) is 11.6 Å². The van der Waals surface area contributed by atoms with Crippen molar-refractivity contribution in [2.45, 2.75) is 32.9 Å². The summed E-state index contributed by atoms with van der Waals surface area (Å²) in [6, 6.07) is 26.3. The first kappa shape index (κ1) is 34.5. The van der Waals surface area contributed by atoms with Crippen LogP contribution in [0.25, 0.3) is 22.5 Å². The predicted molar refractivity (Wildman–Crippen MR) is 168 cm³/mol. The molecule has 0 amide bonds. The third-order valence-corrected chi connectivity index (χ3v) is 7.31. The number of anilines is 1. The van der Waals surface area contributed by atoms with E-state index in [4.69, 9.17) is 5.10 Å². The molecule has 41 heavy (non-hydrogen) atoms. The third kappa shape index (κ3) is 8.54. The van der Waals surface area contributed by atoms with E-state index in [0.29, 0.717) is 35.9 Å². The number of halogens is 1. The van der Waals surface area contributed by atoms with Crippen molar-refractivity contribution >= 4 is 130 Å². The summed E-state index contributed by atoms with van der Waals surface area (Å²) in [6.07, 6.45) is 1.60. The quantitative estimate of drug-likeness (QED) is 0.199. The van der Waals surface area contributed by atoms with Crippen LogP contribution < -0.4 is 4.90 Å². The Morgan fingerprint density at radius 3 is 2.27 bits per heavy atom. The van der Waals surface area contributed by atoms with Gasteiger partial charge in [-0.25, -0.2) is 9.89 Å². The van der Waals surface area contributed by atoms with Gasteiger partial charge in [0.2, 0.25) is 0 Å². The number of H-pyrrole nitrogens is 1. The van der Waals surface area contributed by atoms with E-state index in [9.17, 15) is 9.90 Å². The van der Waals surface area contributed by atoms with Crippen LogP contribution in [-0.2, 0) is 19.5 Å². The molecule has 0 saturated carbocycles. The van der Waals surface area contributed by atoms with E-state index < -0.39 is 5.97 Å². The number of hydrogen-bond donors (Lipinski definition) is 2. The van der Waals surface area contributed by atoms with Gasteiger partial charge in [0, 0.05) is 25.2 Å². The molecule has 5 aromatic rings. The summed E-state index contributed by atoms with van der Waals surface area (Å²) in [7, 11) is 0. The second-order valence-electron chi connectivity index (χ2n) is 9.17. The zero-order valence-corrected chi connectivity index (χ0v) is 23.0. The van der Waals surface area contributed by atoms with Gasteiger partial charge in [-0.05, 0) is 61.5 Å². The van der Waals surface area contributed by atoms with Gasteiger partial charge in [-0.2, -0.15) is 5.10 Å². The van der Waals surface area contributed by atoms with Crippen LogP contribution in [0, 0.1) is 0 Å². The van der Waals surface area contributed by atoms with Crippen LogP contribution in [0.4, 0.5) is 5.82 Å². The molecule has 2 N–H and O–H groups in total. The van der Waals surface area contributed by atoms with Crippen molar-refractivity contribution in [2.75, 3.05) is 11.4 Å². The molecule has 2 heterocycles. The minimum atomic E-state index is -1.00. The van der Waals surface area contributed by atoms with Gasteiger partial charge >= 0.3 is 109 Å². The Morgan fingerprint density at radius 1 is 0.951 bits per heavy atom. The van der Waals surface area contributed by atoms with Crippen molar-refractivity contribution in [1.29, 1.82) is 0 Å². The minimum absolute atomic E-state index is 0. The number of aromatic amines is 1. The molecule has 2 aromatic heterocycles. The fourth-order valence-corrected chi connectivity index (χ4v) is 5.22. The standard InChI is InChI=1S/C29H28BrN7O2.2K.2H/c1-2-17-36(28-25(29(38)39)26(30)37(33-28)18-16-20-8-4-3-5-9-20)19-21-12-14-22(15-13-21)23-10-6-7-11-24(23)27-31-34-35-32-27;;;;/h3-15H,2,16-19H2,1H3,(H,38,39)(H,31,32,34,35);;;;. The molecule has 0 unspecified atom stereocenters. The topological polar surface area (TPSA) is 113 Å². The average Bonchev–Trinajstić information content (AvgIpc) is 3.61. The SMILES string of the molecule is CCCN(Cc1ccc(-c2ccccc2-c2nnn[nH]2)cc1)c1nn(CCc2ccccc2)c(Br)c1C(=O)O.[KH].[KH]. The Labute approximate surface area is 332 Å². The van der Waals surface area contributed by atoms with E-state index in [1.807, 2.05) is 47.4 Å². The Morgan fingerprint density at radius 2 is 1.63 bits per heavy atom. The number of nitrogens with zero attached hydrogens (tertiary/aromatic N) is 6. The molecular formula is C29H30BrK2N7O2. The van der Waals surface area contributed by atoms with Crippen LogP contribution in [0.1, 0.15) is 34.8 Å². The van der Waals surface area contributed by atoms with Gasteiger partial charge in [0.05, 0.1) is 0 Å². The summed E-state index contributed by atoms with van der Waals surface area (Å²) in [5.74, 6) is 0.0766. The summed E-state index contributed by atoms with van der Waals surface area (Å²) >= 11 is 3.52. The molecule has 0 aliphatic carbocycles. The molecule has 0 saturated heterocycles. The molecule has 3 aromatic carbocycles. The van der Waals surface area contributed by atoms with Crippen molar-refractivity contribution in [3.63, 3.8) is 0 Å². The number of aromatic nitrogens is 6. The predicted octanol–water partition coefficient (Wildman–Crippen LogP) is 4.55. The maximum absolute atomic E-state index is 12.3. The molecule has 0 radical (unpaired) electrons. The number of nitrogens with one attached hydrogen (secondary N) is 1. The number of benzene rings is 3. The summed E-state index contributed by atoms with van der Waals surface area (Å²) in [5, 5.41) is 29.1. The van der Waals surface area contributed by atoms with Crippen molar-refractivity contribution in [3.8, 4) is 22.5 Å². The molecule has 0 aliphatic rings. The second-order valence-corrected chi connectivity index (χ2v) is 9.92. The molecule has 9 nitrogen and oxygen atoms in total. The average molecular weight is 667 g/mol. The van der Waals surface area contributed by atoms with Gasteiger partial charge in [-0.3, -0.25) is 4.68 Å². The van der Waals surface area contributed by atoms with Crippen molar-refractivity contribution in [3.05, 3.63) is 100 Å². The van der Waals surface area contributed by atoms with Crippen molar-refractivity contribution < 1.29 is 9.90 Å². The Bertz CT molecular complexity index is 1550. The van der Waals surface area contributed by atoms with Crippen LogP contribution in [-0.4, -0.2) is 151 Å². The molecule has 0 bridgehead atoms. The molecule has 12 heteroatoms. The Kier molecular flexibility index (Phi) is 14.0. The third-order valence-electron chi connectivity index (χ3n) is 6.50. The number of hydrogen-bond acceptors (Lipinski definition) is 6. The normalized spacial score (nSPS) is 10.5. The summed E-state index contributed by atoms with van der Waals surface area (Å²) in [5.41, 5.74) is 5.37. The molecule has 0 spiro atoms. The van der Waals surface area contributed by atoms with E-state index in [1.165, 1.54) is 5.56 Å². The van der Waals surface area contributed by atoms with E-state index in [1.54, 1.807) is 4.68 Å². The van der Waals surface area contributed by atoms with E-state index in [2.05, 4.69) is 79.9 Å². The fourth-order valence-electron chi connectivity index (χ4n) is 4.62. The first-order valence-electron chi connectivity index (χ1n) is 12.8. The Balaban J connectivity index is 0.00000231. The first-order chi connectivity index (χ1) is 19.0. The van der Waals surface area contributed by atoms with E-state index in [0.717, 1.165) is 35.1 Å². The van der Waals surface area contributed by atoms with Crippen LogP contribution in [0.15, 0.2) is 83.5 Å². The van der Waals surface area contributed by atoms with Gasteiger partial charge in [0.1, 0.15) is 10.2 Å². The molecule has 202 valence electrons. The fraction of sp³-hybridized carbons (Fsp3) is 0.207.